The molecule has 0 aromatic heterocycles. The number of ether oxygens (including phenoxy) is 1. The quantitative estimate of drug-likeness (QED) is 0.723. The molecule has 110 valence electrons. The van der Waals surface area contributed by atoms with Crippen LogP contribution in [0.2, 0.25) is 0 Å². The van der Waals surface area contributed by atoms with Crippen LogP contribution in [-0.2, 0) is 9.53 Å². The van der Waals surface area contributed by atoms with Crippen molar-refractivity contribution in [3.63, 3.8) is 0 Å². The molecular weight excluding hydrogens is 248 g/mol. The van der Waals surface area contributed by atoms with Crippen LogP contribution in [-0.4, -0.2) is 41.9 Å². The van der Waals surface area contributed by atoms with Crippen LogP contribution in [0.5, 0.6) is 0 Å². The highest BCUT2D eigenvalue weighted by molar-refractivity contribution is 5.83. The molecule has 0 unspecified atom stereocenters. The van der Waals surface area contributed by atoms with Gasteiger partial charge in [0.2, 0.25) is 0 Å². The van der Waals surface area contributed by atoms with Crippen LogP contribution in [0.1, 0.15) is 40.5 Å². The van der Waals surface area contributed by atoms with Crippen molar-refractivity contribution in [1.82, 2.24) is 10.6 Å². The van der Waals surface area contributed by atoms with Crippen LogP contribution >= 0.6 is 0 Å². The number of rotatable bonds is 3. The highest BCUT2D eigenvalue weighted by atomic mass is 16.5. The van der Waals surface area contributed by atoms with Crippen molar-refractivity contribution in [1.29, 1.82) is 0 Å². The molecule has 0 aromatic carbocycles. The van der Waals surface area contributed by atoms with Gasteiger partial charge in [0.05, 0.1) is 0 Å². The molecule has 0 bridgehead atoms. The molecule has 0 spiro atoms. The van der Waals surface area contributed by atoms with E-state index in [1.54, 1.807) is 20.8 Å². The van der Waals surface area contributed by atoms with E-state index in [9.17, 15) is 9.59 Å². The predicted octanol–water partition coefficient (Wildman–Crippen LogP) is 1.35. The maximum Gasteiger partial charge on any atom is 0.326 e. The van der Waals surface area contributed by atoms with E-state index in [1.165, 1.54) is 0 Å². The van der Waals surface area contributed by atoms with Gasteiger partial charge in [-0.1, -0.05) is 20.8 Å². The smallest absolute Gasteiger partial charge is 0.326 e. The van der Waals surface area contributed by atoms with Gasteiger partial charge in [-0.15, -0.1) is 0 Å². The molecule has 1 aliphatic rings. The molecule has 19 heavy (non-hydrogen) atoms. The van der Waals surface area contributed by atoms with Crippen molar-refractivity contribution >= 4 is 12.0 Å². The van der Waals surface area contributed by atoms with Crippen molar-refractivity contribution in [2.75, 3.05) is 13.2 Å². The van der Waals surface area contributed by atoms with Crippen molar-refractivity contribution in [2.24, 2.45) is 5.41 Å². The van der Waals surface area contributed by atoms with Gasteiger partial charge < -0.3 is 20.5 Å². The third kappa shape index (κ3) is 4.70. The fourth-order valence-electron chi connectivity index (χ4n) is 2.04. The van der Waals surface area contributed by atoms with Gasteiger partial charge in [-0.2, -0.15) is 0 Å². The molecule has 0 aliphatic carbocycles. The summed E-state index contributed by atoms with van der Waals surface area (Å²) in [5.41, 5.74) is -0.872. The minimum atomic E-state index is -1.03. The summed E-state index contributed by atoms with van der Waals surface area (Å²) in [5, 5.41) is 14.6. The van der Waals surface area contributed by atoms with Crippen LogP contribution in [0.15, 0.2) is 0 Å². The standard InChI is InChI=1S/C13H24N2O4/c1-12(2,3)9(10(16)17)14-11(18)15-13(4)5-7-19-8-6-13/h9H,5-8H2,1-4H3,(H,16,17)(H2,14,15,18)/t9-/m0/s1. The third-order valence-corrected chi connectivity index (χ3v) is 3.40. The highest BCUT2D eigenvalue weighted by Gasteiger charge is 2.35. The Morgan fingerprint density at radius 1 is 1.26 bits per heavy atom. The van der Waals surface area contributed by atoms with Crippen LogP contribution in [0.4, 0.5) is 4.79 Å². The predicted molar refractivity (Wildman–Crippen MR) is 71.0 cm³/mol. The van der Waals surface area contributed by atoms with E-state index >= 15 is 0 Å². The Labute approximate surface area is 113 Å². The molecule has 1 saturated heterocycles. The molecule has 1 fully saturated rings. The molecule has 0 aromatic rings. The lowest BCUT2D eigenvalue weighted by Gasteiger charge is -2.36. The van der Waals surface area contributed by atoms with E-state index < -0.39 is 23.5 Å². The first kappa shape index (κ1) is 15.8. The van der Waals surface area contributed by atoms with E-state index in [2.05, 4.69) is 10.6 Å². The fraction of sp³-hybridized carbons (Fsp3) is 0.846. The van der Waals surface area contributed by atoms with Crippen LogP contribution in [0, 0.1) is 5.41 Å². The molecule has 1 aliphatic heterocycles. The normalized spacial score (nSPS) is 20.4. The average molecular weight is 272 g/mol. The summed E-state index contributed by atoms with van der Waals surface area (Å²) in [7, 11) is 0. The lowest BCUT2D eigenvalue weighted by Crippen LogP contribution is -2.58. The number of carbonyl (C=O) groups is 2. The van der Waals surface area contributed by atoms with E-state index in [1.807, 2.05) is 6.92 Å². The molecule has 3 N–H and O–H groups in total. The molecular formula is C13H24N2O4. The number of nitrogens with one attached hydrogen (secondary N) is 2. The van der Waals surface area contributed by atoms with Gasteiger partial charge >= 0.3 is 12.0 Å². The third-order valence-electron chi connectivity index (χ3n) is 3.40. The number of carboxylic acids is 1. The zero-order chi connectivity index (χ0) is 14.7. The molecule has 2 amide bonds. The van der Waals surface area contributed by atoms with Gasteiger partial charge in [0.15, 0.2) is 0 Å². The molecule has 6 heteroatoms. The minimum absolute atomic E-state index is 0.330. The number of urea groups is 1. The summed E-state index contributed by atoms with van der Waals surface area (Å²) in [6.07, 6.45) is 1.46. The Bertz CT molecular complexity index is 343. The fourth-order valence-corrected chi connectivity index (χ4v) is 2.04. The van der Waals surface area contributed by atoms with E-state index in [0.717, 1.165) is 12.8 Å². The topological polar surface area (TPSA) is 87.7 Å². The second-order valence-corrected chi connectivity index (χ2v) is 6.41. The van der Waals surface area contributed by atoms with Crippen molar-refractivity contribution in [3.8, 4) is 0 Å². The van der Waals surface area contributed by atoms with Crippen LogP contribution < -0.4 is 10.6 Å². The van der Waals surface area contributed by atoms with Crippen molar-refractivity contribution < 1.29 is 19.4 Å². The summed E-state index contributed by atoms with van der Waals surface area (Å²) < 4.78 is 5.25. The molecule has 6 nitrogen and oxygen atoms in total. The van der Waals surface area contributed by atoms with Gasteiger partial charge in [0, 0.05) is 18.8 Å². The maximum atomic E-state index is 12.0. The first-order valence-corrected chi connectivity index (χ1v) is 6.53. The number of aliphatic carboxylic acids is 1. The Balaban J connectivity index is 2.60. The Kier molecular flexibility index (Phi) is 4.79. The zero-order valence-corrected chi connectivity index (χ0v) is 12.1. The van der Waals surface area contributed by atoms with Crippen LogP contribution in [0.25, 0.3) is 0 Å². The number of carbonyl (C=O) groups excluding carboxylic acids is 1. The first-order chi connectivity index (χ1) is 8.64. The summed E-state index contributed by atoms with van der Waals surface area (Å²) in [5.74, 6) is -1.03. The van der Waals surface area contributed by atoms with Gasteiger partial charge in [0.25, 0.3) is 0 Å². The number of amides is 2. The van der Waals surface area contributed by atoms with Crippen molar-refractivity contribution in [2.45, 2.75) is 52.1 Å². The SMILES string of the molecule is CC1(NC(=O)N[C@@H](C(=O)O)C(C)(C)C)CCOCC1. The van der Waals surface area contributed by atoms with Gasteiger partial charge in [0.1, 0.15) is 6.04 Å². The monoisotopic (exact) mass is 272 g/mol. The zero-order valence-electron chi connectivity index (χ0n) is 12.1. The summed E-state index contributed by atoms with van der Waals surface area (Å²) >= 11 is 0. The van der Waals surface area contributed by atoms with E-state index in [4.69, 9.17) is 9.84 Å². The summed E-state index contributed by atoms with van der Waals surface area (Å²) in [6, 6.07) is -1.36. The lowest BCUT2D eigenvalue weighted by molar-refractivity contribution is -0.141. The molecule has 0 saturated carbocycles. The van der Waals surface area contributed by atoms with Gasteiger partial charge in [-0.25, -0.2) is 9.59 Å². The maximum absolute atomic E-state index is 12.0. The molecule has 1 rings (SSSR count). The molecule has 1 heterocycles. The average Bonchev–Trinajstić information content (AvgIpc) is 2.24. The highest BCUT2D eigenvalue weighted by Crippen LogP contribution is 2.21. The Hall–Kier alpha value is -1.30. The van der Waals surface area contributed by atoms with Crippen molar-refractivity contribution in [3.05, 3.63) is 0 Å². The second kappa shape index (κ2) is 5.77. The van der Waals surface area contributed by atoms with E-state index in [0.29, 0.717) is 13.2 Å². The Morgan fingerprint density at radius 2 is 1.79 bits per heavy atom. The minimum Gasteiger partial charge on any atom is -0.480 e. The first-order valence-electron chi connectivity index (χ1n) is 6.53. The summed E-state index contributed by atoms with van der Waals surface area (Å²) in [4.78, 5) is 23.1. The van der Waals surface area contributed by atoms with Gasteiger partial charge in [-0.05, 0) is 25.2 Å². The number of hydrogen-bond acceptors (Lipinski definition) is 3. The Morgan fingerprint density at radius 3 is 2.21 bits per heavy atom. The van der Waals surface area contributed by atoms with Crippen LogP contribution in [0.3, 0.4) is 0 Å². The molecule has 0 radical (unpaired) electrons. The number of carboxylic acid groups (broad SMARTS) is 1. The second-order valence-electron chi connectivity index (χ2n) is 6.41. The van der Waals surface area contributed by atoms with Gasteiger partial charge in [-0.3, -0.25) is 0 Å². The summed E-state index contributed by atoms with van der Waals surface area (Å²) in [6.45, 7) is 8.51. The lowest BCUT2D eigenvalue weighted by atomic mass is 9.87. The largest absolute Gasteiger partial charge is 0.480 e. The van der Waals surface area contributed by atoms with E-state index in [-0.39, 0.29) is 5.54 Å². The number of hydrogen-bond donors (Lipinski definition) is 3. The molecule has 1 atom stereocenters.